The van der Waals surface area contributed by atoms with Gasteiger partial charge in [0.15, 0.2) is 5.65 Å². The summed E-state index contributed by atoms with van der Waals surface area (Å²) in [5.41, 5.74) is 3.41. The molecule has 1 fully saturated rings. The second-order valence-corrected chi connectivity index (χ2v) is 8.10. The van der Waals surface area contributed by atoms with E-state index in [1.807, 2.05) is 48.2 Å². The van der Waals surface area contributed by atoms with Crippen LogP contribution in [-0.2, 0) is 0 Å². The van der Waals surface area contributed by atoms with Gasteiger partial charge in [-0.25, -0.2) is 18.3 Å². The van der Waals surface area contributed by atoms with Crippen molar-refractivity contribution in [1.29, 1.82) is 0 Å². The highest BCUT2D eigenvalue weighted by Crippen LogP contribution is 2.34. The smallest absolute Gasteiger partial charge is 0.280 e. The monoisotopic (exact) mass is 432 g/mol. The number of aromatic nitrogens is 3. The van der Waals surface area contributed by atoms with Crippen LogP contribution in [0.3, 0.4) is 0 Å². The molecule has 0 bridgehead atoms. The van der Waals surface area contributed by atoms with Crippen LogP contribution in [0.25, 0.3) is 16.9 Å². The fourth-order valence-corrected chi connectivity index (χ4v) is 4.44. The number of hydrogen-bond acceptors (Lipinski definition) is 3. The van der Waals surface area contributed by atoms with E-state index in [1.165, 1.54) is 12.3 Å². The molecule has 162 valence electrons. The molecule has 32 heavy (non-hydrogen) atoms. The third-order valence-corrected chi connectivity index (χ3v) is 5.96. The predicted octanol–water partition coefficient (Wildman–Crippen LogP) is 5.62. The second-order valence-electron chi connectivity index (χ2n) is 8.10. The minimum Gasteiger partial charge on any atom is -0.331 e. The zero-order valence-corrected chi connectivity index (χ0v) is 17.6. The highest BCUT2D eigenvalue weighted by atomic mass is 19.3. The Morgan fingerprint density at radius 1 is 1.09 bits per heavy atom. The summed E-state index contributed by atoms with van der Waals surface area (Å²) in [4.78, 5) is 19.9. The van der Waals surface area contributed by atoms with Crippen LogP contribution in [0.5, 0.6) is 0 Å². The lowest BCUT2D eigenvalue weighted by Gasteiger charge is -2.25. The topological polar surface area (TPSA) is 50.5 Å². The molecule has 0 spiro atoms. The summed E-state index contributed by atoms with van der Waals surface area (Å²) in [5.74, 6) is -0.234. The lowest BCUT2D eigenvalue weighted by atomic mass is 10.0. The van der Waals surface area contributed by atoms with Crippen LogP contribution >= 0.6 is 0 Å². The molecule has 2 aromatic carbocycles. The molecule has 1 atom stereocenters. The maximum absolute atomic E-state index is 13.8. The van der Waals surface area contributed by atoms with E-state index in [0.717, 1.165) is 28.5 Å². The van der Waals surface area contributed by atoms with Crippen molar-refractivity contribution in [2.45, 2.75) is 32.2 Å². The largest absolute Gasteiger partial charge is 0.331 e. The van der Waals surface area contributed by atoms with Crippen LogP contribution in [0.4, 0.5) is 8.78 Å². The van der Waals surface area contributed by atoms with E-state index < -0.39 is 6.43 Å². The van der Waals surface area contributed by atoms with Gasteiger partial charge in [-0.3, -0.25) is 4.79 Å². The van der Waals surface area contributed by atoms with Crippen molar-refractivity contribution in [3.8, 4) is 11.3 Å². The van der Waals surface area contributed by atoms with Gasteiger partial charge in [0.05, 0.1) is 17.9 Å². The van der Waals surface area contributed by atoms with Crippen molar-refractivity contribution >= 4 is 11.6 Å². The number of halogens is 2. The van der Waals surface area contributed by atoms with Crippen LogP contribution in [0, 0.1) is 6.92 Å². The minimum absolute atomic E-state index is 0.0516. The molecule has 0 radical (unpaired) electrons. The predicted molar refractivity (Wildman–Crippen MR) is 118 cm³/mol. The molecule has 4 aromatic rings. The molecule has 0 saturated carbocycles. The van der Waals surface area contributed by atoms with Gasteiger partial charge in [-0.15, -0.1) is 0 Å². The van der Waals surface area contributed by atoms with Crippen LogP contribution in [0.15, 0.2) is 66.9 Å². The van der Waals surface area contributed by atoms with Crippen molar-refractivity contribution in [2.24, 2.45) is 0 Å². The molecule has 1 saturated heterocycles. The fraction of sp³-hybridized carbons (Fsp3) is 0.240. The van der Waals surface area contributed by atoms with Gasteiger partial charge in [-0.05, 0) is 31.4 Å². The number of fused-ring (bicyclic) bond motifs is 1. The molecule has 0 aliphatic carbocycles. The van der Waals surface area contributed by atoms with Gasteiger partial charge in [0.2, 0.25) is 0 Å². The average Bonchev–Trinajstić information content (AvgIpc) is 3.46. The average molecular weight is 432 g/mol. The molecule has 1 amide bonds. The Hall–Kier alpha value is -3.61. The summed E-state index contributed by atoms with van der Waals surface area (Å²) in [6.07, 6.45) is 0.350. The summed E-state index contributed by atoms with van der Waals surface area (Å²) in [7, 11) is 0. The molecule has 5 nitrogen and oxygen atoms in total. The van der Waals surface area contributed by atoms with Gasteiger partial charge in [-0.1, -0.05) is 60.2 Å². The van der Waals surface area contributed by atoms with Crippen molar-refractivity contribution in [2.75, 3.05) is 6.54 Å². The summed E-state index contributed by atoms with van der Waals surface area (Å²) < 4.78 is 28.8. The highest BCUT2D eigenvalue weighted by Gasteiger charge is 2.33. The number of carbonyl (C=O) groups excluding carboxylic acids is 1. The Bertz CT molecular complexity index is 1290. The molecule has 0 unspecified atom stereocenters. The van der Waals surface area contributed by atoms with Gasteiger partial charge in [-0.2, -0.15) is 5.10 Å². The Kier molecular flexibility index (Phi) is 5.17. The van der Waals surface area contributed by atoms with Crippen molar-refractivity contribution in [3.63, 3.8) is 0 Å². The normalized spacial score (nSPS) is 16.2. The first-order chi connectivity index (χ1) is 15.5. The Labute approximate surface area is 184 Å². The van der Waals surface area contributed by atoms with Gasteiger partial charge in [0.1, 0.15) is 11.3 Å². The van der Waals surface area contributed by atoms with E-state index >= 15 is 0 Å². The van der Waals surface area contributed by atoms with Crippen molar-refractivity contribution in [3.05, 3.63) is 89.2 Å². The molecule has 1 aliphatic rings. The molecule has 1 aliphatic heterocycles. The van der Waals surface area contributed by atoms with E-state index in [2.05, 4.69) is 16.1 Å². The molecule has 2 aromatic heterocycles. The van der Waals surface area contributed by atoms with E-state index in [4.69, 9.17) is 0 Å². The van der Waals surface area contributed by atoms with E-state index in [-0.39, 0.29) is 28.9 Å². The number of nitrogens with zero attached hydrogens (tertiary/aromatic N) is 4. The zero-order chi connectivity index (χ0) is 22.2. The van der Waals surface area contributed by atoms with Gasteiger partial charge in [0.25, 0.3) is 12.3 Å². The number of alkyl halides is 2. The number of likely N-dealkylation sites (tertiary alicyclic amines) is 1. The number of rotatable bonds is 4. The molecular formula is C25H22F2N4O. The Morgan fingerprint density at radius 2 is 1.91 bits per heavy atom. The molecule has 0 N–H and O–H groups in total. The Morgan fingerprint density at radius 3 is 2.66 bits per heavy atom. The van der Waals surface area contributed by atoms with Gasteiger partial charge in [0, 0.05) is 12.1 Å². The minimum atomic E-state index is -2.75. The summed E-state index contributed by atoms with van der Waals surface area (Å²) >= 11 is 0. The number of hydrogen-bond donors (Lipinski definition) is 0. The SMILES string of the molecule is Cc1cccc([C@H]2CCCN2C(=O)c2cnn3c(C(F)F)cc(-c4ccccc4)nc23)c1. The first-order valence-corrected chi connectivity index (χ1v) is 10.6. The van der Waals surface area contributed by atoms with Crippen LogP contribution in [-0.4, -0.2) is 31.9 Å². The number of benzene rings is 2. The number of amides is 1. The number of aryl methyl sites for hydroxylation is 1. The van der Waals surface area contributed by atoms with Crippen LogP contribution < -0.4 is 0 Å². The van der Waals surface area contributed by atoms with E-state index in [0.29, 0.717) is 17.8 Å². The van der Waals surface area contributed by atoms with Crippen LogP contribution in [0.1, 0.15) is 52.5 Å². The van der Waals surface area contributed by atoms with Gasteiger partial charge >= 0.3 is 0 Å². The molecule has 7 heteroatoms. The number of carbonyl (C=O) groups is 1. The highest BCUT2D eigenvalue weighted by molar-refractivity contribution is 6.00. The van der Waals surface area contributed by atoms with E-state index in [9.17, 15) is 13.6 Å². The quantitative estimate of drug-likeness (QED) is 0.421. The van der Waals surface area contributed by atoms with Crippen LogP contribution in [0.2, 0.25) is 0 Å². The zero-order valence-electron chi connectivity index (χ0n) is 17.6. The fourth-order valence-electron chi connectivity index (χ4n) is 4.44. The third-order valence-electron chi connectivity index (χ3n) is 5.96. The summed E-state index contributed by atoms with van der Waals surface area (Å²) in [5, 5.41) is 4.11. The van der Waals surface area contributed by atoms with Gasteiger partial charge < -0.3 is 4.90 Å². The maximum Gasteiger partial charge on any atom is 0.280 e. The van der Waals surface area contributed by atoms with Crippen molar-refractivity contribution in [1.82, 2.24) is 19.5 Å². The molecule has 5 rings (SSSR count). The molecular weight excluding hydrogens is 410 g/mol. The third kappa shape index (κ3) is 3.53. The maximum atomic E-state index is 13.8. The standard InChI is InChI=1S/C25H22F2N4O/c1-16-7-5-10-18(13-16)21-11-6-12-30(21)25(32)19-15-28-31-22(23(26)27)14-20(29-24(19)31)17-8-3-2-4-9-17/h2-5,7-10,13-15,21,23H,6,11-12H2,1H3/t21-/m1/s1. The summed E-state index contributed by atoms with van der Waals surface area (Å²) in [6, 6.07) is 18.5. The first-order valence-electron chi connectivity index (χ1n) is 10.6. The summed E-state index contributed by atoms with van der Waals surface area (Å²) in [6.45, 7) is 2.63. The molecule has 3 heterocycles. The lowest BCUT2D eigenvalue weighted by Crippen LogP contribution is -2.30. The van der Waals surface area contributed by atoms with E-state index in [1.54, 1.807) is 12.1 Å². The second kappa shape index (κ2) is 8.15. The van der Waals surface area contributed by atoms with Crippen molar-refractivity contribution < 1.29 is 13.6 Å². The Balaban J connectivity index is 1.59. The lowest BCUT2D eigenvalue weighted by molar-refractivity contribution is 0.0737. The first kappa shape index (κ1) is 20.3.